The third-order valence-corrected chi connectivity index (χ3v) is 2.89. The number of carbonyl (C=O) groups excluding carboxylic acids is 4. The Kier molecular flexibility index (Phi) is 5.01. The molecule has 1 aliphatic heterocycles. The maximum Gasteiger partial charge on any atom is 0.334 e. The first-order chi connectivity index (χ1) is 9.65. The SMILES string of the molecule is CC(C)C[C@@H](NC(=O)CN1C(=O)C(=O)N(C)C1=O)C(=O)O. The molecule has 116 valence electrons. The van der Waals surface area contributed by atoms with E-state index < -0.39 is 42.3 Å². The van der Waals surface area contributed by atoms with E-state index in [9.17, 15) is 24.0 Å². The fraction of sp³-hybridized carbons (Fsp3) is 0.583. The lowest BCUT2D eigenvalue weighted by atomic mass is 10.0. The van der Waals surface area contributed by atoms with Crippen molar-refractivity contribution in [3.05, 3.63) is 0 Å². The van der Waals surface area contributed by atoms with E-state index in [0.717, 1.165) is 7.05 Å². The van der Waals surface area contributed by atoms with Gasteiger partial charge in [0.15, 0.2) is 0 Å². The fourth-order valence-electron chi connectivity index (χ4n) is 1.83. The molecule has 9 nitrogen and oxygen atoms in total. The van der Waals surface area contributed by atoms with E-state index in [1.54, 1.807) is 13.8 Å². The van der Waals surface area contributed by atoms with Gasteiger partial charge in [0.2, 0.25) is 5.91 Å². The summed E-state index contributed by atoms with van der Waals surface area (Å²) in [5.74, 6) is -4.11. The van der Waals surface area contributed by atoms with Gasteiger partial charge in [-0.25, -0.2) is 14.5 Å². The van der Waals surface area contributed by atoms with Gasteiger partial charge in [-0.1, -0.05) is 13.8 Å². The van der Waals surface area contributed by atoms with Crippen LogP contribution in [0.4, 0.5) is 4.79 Å². The highest BCUT2D eigenvalue weighted by Gasteiger charge is 2.43. The second kappa shape index (κ2) is 6.33. The van der Waals surface area contributed by atoms with Crippen LogP contribution in [-0.4, -0.2) is 64.3 Å². The second-order valence-electron chi connectivity index (χ2n) is 5.13. The highest BCUT2D eigenvalue weighted by atomic mass is 16.4. The van der Waals surface area contributed by atoms with Crippen LogP contribution in [0.2, 0.25) is 0 Å². The van der Waals surface area contributed by atoms with Crippen molar-refractivity contribution in [2.75, 3.05) is 13.6 Å². The van der Waals surface area contributed by atoms with Gasteiger partial charge in [-0.15, -0.1) is 0 Å². The van der Waals surface area contributed by atoms with Crippen LogP contribution in [0.5, 0.6) is 0 Å². The number of amides is 5. The molecule has 21 heavy (non-hydrogen) atoms. The first kappa shape index (κ1) is 16.6. The number of nitrogens with zero attached hydrogens (tertiary/aromatic N) is 2. The Balaban J connectivity index is 2.69. The number of carbonyl (C=O) groups is 5. The molecule has 1 saturated heterocycles. The summed E-state index contributed by atoms with van der Waals surface area (Å²) in [5.41, 5.74) is 0. The molecular formula is C12H17N3O6. The molecule has 1 rings (SSSR count). The molecular weight excluding hydrogens is 282 g/mol. The van der Waals surface area contributed by atoms with Crippen LogP contribution in [-0.2, 0) is 19.2 Å². The van der Waals surface area contributed by atoms with Crippen LogP contribution in [0.3, 0.4) is 0 Å². The first-order valence-corrected chi connectivity index (χ1v) is 6.30. The number of nitrogens with one attached hydrogen (secondary N) is 1. The molecule has 0 unspecified atom stereocenters. The summed E-state index contributed by atoms with van der Waals surface area (Å²) >= 11 is 0. The molecule has 0 radical (unpaired) electrons. The van der Waals surface area contributed by atoms with Crippen molar-refractivity contribution < 1.29 is 29.1 Å². The molecule has 1 aliphatic rings. The number of aliphatic carboxylic acids is 1. The highest BCUT2D eigenvalue weighted by molar-refractivity contribution is 6.44. The molecule has 1 heterocycles. The third kappa shape index (κ3) is 3.77. The Morgan fingerprint density at radius 3 is 2.14 bits per heavy atom. The average molecular weight is 299 g/mol. The Labute approximate surface area is 120 Å². The molecule has 0 aliphatic carbocycles. The second-order valence-corrected chi connectivity index (χ2v) is 5.13. The van der Waals surface area contributed by atoms with Crippen molar-refractivity contribution in [1.29, 1.82) is 0 Å². The number of carboxylic acids is 1. The fourth-order valence-corrected chi connectivity index (χ4v) is 1.83. The van der Waals surface area contributed by atoms with Gasteiger partial charge in [-0.3, -0.25) is 19.3 Å². The molecule has 0 spiro atoms. The van der Waals surface area contributed by atoms with Gasteiger partial charge in [0.05, 0.1) is 0 Å². The monoisotopic (exact) mass is 299 g/mol. The van der Waals surface area contributed by atoms with E-state index >= 15 is 0 Å². The Hall–Kier alpha value is -2.45. The van der Waals surface area contributed by atoms with Crippen LogP contribution in [0.1, 0.15) is 20.3 Å². The van der Waals surface area contributed by atoms with Gasteiger partial charge in [-0.2, -0.15) is 0 Å². The highest BCUT2D eigenvalue weighted by Crippen LogP contribution is 2.09. The molecule has 0 bridgehead atoms. The van der Waals surface area contributed by atoms with Gasteiger partial charge >= 0.3 is 23.8 Å². The van der Waals surface area contributed by atoms with Crippen LogP contribution >= 0.6 is 0 Å². The van der Waals surface area contributed by atoms with Gasteiger partial charge in [0, 0.05) is 7.05 Å². The van der Waals surface area contributed by atoms with Crippen molar-refractivity contribution in [3.63, 3.8) is 0 Å². The number of imide groups is 2. The minimum Gasteiger partial charge on any atom is -0.480 e. The minimum absolute atomic E-state index is 0.0363. The van der Waals surface area contributed by atoms with E-state index in [-0.39, 0.29) is 12.3 Å². The van der Waals surface area contributed by atoms with E-state index in [2.05, 4.69) is 5.32 Å². The topological polar surface area (TPSA) is 124 Å². The number of carboxylic acid groups (broad SMARTS) is 1. The summed E-state index contributed by atoms with van der Waals surface area (Å²) in [7, 11) is 1.12. The van der Waals surface area contributed by atoms with Crippen LogP contribution in [0.25, 0.3) is 0 Å². The number of likely N-dealkylation sites (N-methyl/N-ethyl adjacent to an activating group) is 1. The molecule has 1 fully saturated rings. The summed E-state index contributed by atoms with van der Waals surface area (Å²) < 4.78 is 0. The molecule has 0 saturated carbocycles. The van der Waals surface area contributed by atoms with E-state index in [1.165, 1.54) is 0 Å². The molecule has 9 heteroatoms. The van der Waals surface area contributed by atoms with E-state index in [1.807, 2.05) is 0 Å². The first-order valence-electron chi connectivity index (χ1n) is 6.30. The lowest BCUT2D eigenvalue weighted by Gasteiger charge is -2.18. The van der Waals surface area contributed by atoms with Crippen molar-refractivity contribution in [2.24, 2.45) is 5.92 Å². The van der Waals surface area contributed by atoms with Gasteiger partial charge in [0.1, 0.15) is 12.6 Å². The van der Waals surface area contributed by atoms with Crippen LogP contribution in [0, 0.1) is 5.92 Å². The predicted octanol–water partition coefficient (Wildman–Crippen LogP) is -0.977. The normalized spacial score (nSPS) is 16.7. The molecule has 2 N–H and O–H groups in total. The number of hydrogen-bond donors (Lipinski definition) is 2. The van der Waals surface area contributed by atoms with Crippen molar-refractivity contribution in [1.82, 2.24) is 15.1 Å². The molecule has 5 amide bonds. The third-order valence-electron chi connectivity index (χ3n) is 2.89. The van der Waals surface area contributed by atoms with E-state index in [0.29, 0.717) is 9.80 Å². The van der Waals surface area contributed by atoms with Crippen LogP contribution < -0.4 is 5.32 Å². The zero-order valence-corrected chi connectivity index (χ0v) is 12.0. The summed E-state index contributed by atoms with van der Waals surface area (Å²) in [6.45, 7) is 2.90. The molecule has 1 atom stereocenters. The van der Waals surface area contributed by atoms with Crippen molar-refractivity contribution in [2.45, 2.75) is 26.3 Å². The standard InChI is InChI=1S/C12H17N3O6/c1-6(2)4-7(11(19)20)13-8(16)5-15-10(18)9(17)14(3)12(15)21/h6-7H,4-5H2,1-3H3,(H,13,16)(H,19,20)/t7-/m1/s1. The zero-order chi connectivity index (χ0) is 16.3. The number of urea groups is 1. The number of hydrogen-bond acceptors (Lipinski definition) is 5. The van der Waals surface area contributed by atoms with Gasteiger partial charge in [-0.05, 0) is 12.3 Å². The maximum absolute atomic E-state index is 11.7. The Bertz CT molecular complexity index is 501. The summed E-state index contributed by atoms with van der Waals surface area (Å²) in [6, 6.07) is -2.02. The van der Waals surface area contributed by atoms with E-state index in [4.69, 9.17) is 5.11 Å². The lowest BCUT2D eigenvalue weighted by Crippen LogP contribution is -2.47. The van der Waals surface area contributed by atoms with Crippen molar-refractivity contribution >= 4 is 29.7 Å². The summed E-state index contributed by atoms with van der Waals surface area (Å²) in [6.07, 6.45) is 0.210. The average Bonchev–Trinajstić information content (AvgIpc) is 2.55. The zero-order valence-electron chi connectivity index (χ0n) is 12.0. The summed E-state index contributed by atoms with van der Waals surface area (Å²) in [5, 5.41) is 11.2. The largest absolute Gasteiger partial charge is 0.480 e. The Morgan fingerprint density at radius 1 is 1.19 bits per heavy atom. The van der Waals surface area contributed by atoms with Gasteiger partial charge in [0.25, 0.3) is 0 Å². The van der Waals surface area contributed by atoms with Crippen molar-refractivity contribution in [3.8, 4) is 0 Å². The molecule has 0 aromatic heterocycles. The Morgan fingerprint density at radius 2 is 1.76 bits per heavy atom. The minimum atomic E-state index is -1.20. The molecule has 0 aromatic carbocycles. The summed E-state index contributed by atoms with van der Waals surface area (Å²) in [4.78, 5) is 58.2. The smallest absolute Gasteiger partial charge is 0.334 e. The lowest BCUT2D eigenvalue weighted by molar-refractivity contribution is -0.144. The predicted molar refractivity (Wildman–Crippen MR) is 68.9 cm³/mol. The number of rotatable bonds is 6. The quantitative estimate of drug-likeness (QED) is 0.480. The van der Waals surface area contributed by atoms with Crippen LogP contribution in [0.15, 0.2) is 0 Å². The maximum atomic E-state index is 11.7. The molecule has 0 aromatic rings. The van der Waals surface area contributed by atoms with Gasteiger partial charge < -0.3 is 10.4 Å².